The van der Waals surface area contributed by atoms with Crippen molar-refractivity contribution in [2.75, 3.05) is 0 Å². The van der Waals surface area contributed by atoms with E-state index < -0.39 is 17.4 Å². The first-order valence-corrected chi connectivity index (χ1v) is 12.1. The quantitative estimate of drug-likeness (QED) is 0.210. The number of aromatic nitrogens is 1. The van der Waals surface area contributed by atoms with Gasteiger partial charge in [0.2, 0.25) is 0 Å². The Morgan fingerprint density at radius 3 is 2.47 bits per heavy atom. The molecule has 0 unspecified atom stereocenters. The first kappa shape index (κ1) is 21.9. The van der Waals surface area contributed by atoms with Crippen molar-refractivity contribution in [3.8, 4) is 0 Å². The number of amides is 2. The molecule has 7 nitrogen and oxygen atoms in total. The number of hydrogen-bond acceptors (Lipinski definition) is 7. The zero-order chi connectivity index (χ0) is 23.5. The van der Waals surface area contributed by atoms with Gasteiger partial charge in [-0.25, -0.2) is 9.78 Å². The van der Waals surface area contributed by atoms with Gasteiger partial charge in [0, 0.05) is 16.7 Å². The number of para-hydroxylation sites is 2. The molecule has 5 aromatic rings. The molecule has 0 aliphatic rings. The van der Waals surface area contributed by atoms with Gasteiger partial charge in [-0.05, 0) is 42.0 Å². The van der Waals surface area contributed by atoms with Crippen LogP contribution in [0.3, 0.4) is 0 Å². The molecule has 3 aromatic carbocycles. The Labute approximate surface area is 201 Å². The summed E-state index contributed by atoms with van der Waals surface area (Å²) in [5.74, 6) is -0.531. The van der Waals surface area contributed by atoms with Crippen molar-refractivity contribution in [1.29, 1.82) is 0 Å². The lowest BCUT2D eigenvalue weighted by Gasteiger charge is -2.08. The maximum absolute atomic E-state index is 12.4. The molecule has 2 N–H and O–H groups in total. The molecule has 2 amide bonds. The number of nitrogens with one attached hydrogen (secondary N) is 2. The number of hydrazine groups is 1. The molecule has 0 radical (unpaired) electrons. The van der Waals surface area contributed by atoms with Gasteiger partial charge in [0.15, 0.2) is 4.34 Å². The highest BCUT2D eigenvalue weighted by Crippen LogP contribution is 2.31. The maximum atomic E-state index is 12.4. The summed E-state index contributed by atoms with van der Waals surface area (Å²) in [4.78, 5) is 41.5. The molecule has 168 valence electrons. The molecule has 0 aliphatic heterocycles. The lowest BCUT2D eigenvalue weighted by molar-refractivity contribution is 0.0844. The van der Waals surface area contributed by atoms with Crippen LogP contribution in [0.25, 0.3) is 21.2 Å². The summed E-state index contributed by atoms with van der Waals surface area (Å²) >= 11 is 3.29. The molecule has 0 fully saturated rings. The van der Waals surface area contributed by atoms with Gasteiger partial charge in [0.1, 0.15) is 11.1 Å². The molecular weight excluding hydrogens is 470 g/mol. The predicted molar refractivity (Wildman–Crippen MR) is 133 cm³/mol. The van der Waals surface area contributed by atoms with Gasteiger partial charge in [-0.1, -0.05) is 54.2 Å². The zero-order valence-electron chi connectivity index (χ0n) is 17.6. The lowest BCUT2D eigenvalue weighted by atomic mass is 10.1. The fraction of sp³-hybridized carbons (Fsp3) is 0.0400. The highest BCUT2D eigenvalue weighted by Gasteiger charge is 2.15. The first-order valence-electron chi connectivity index (χ1n) is 10.3. The average Bonchev–Trinajstić information content (AvgIpc) is 3.29. The number of carbonyl (C=O) groups excluding carboxylic acids is 2. The van der Waals surface area contributed by atoms with E-state index in [0.29, 0.717) is 16.5 Å². The van der Waals surface area contributed by atoms with Crippen LogP contribution in [-0.2, 0) is 5.75 Å². The van der Waals surface area contributed by atoms with Crippen molar-refractivity contribution >= 4 is 56.1 Å². The minimum atomic E-state index is -0.777. The van der Waals surface area contributed by atoms with E-state index in [1.807, 2.05) is 30.3 Å². The third-order valence-corrected chi connectivity index (χ3v) is 7.28. The van der Waals surface area contributed by atoms with Crippen molar-refractivity contribution in [3.63, 3.8) is 0 Å². The van der Waals surface area contributed by atoms with Crippen LogP contribution in [-0.4, -0.2) is 16.8 Å². The summed E-state index contributed by atoms with van der Waals surface area (Å²) in [6, 6.07) is 23.4. The van der Waals surface area contributed by atoms with Gasteiger partial charge in [0.05, 0.1) is 10.2 Å². The fourth-order valence-electron chi connectivity index (χ4n) is 3.28. The van der Waals surface area contributed by atoms with Crippen molar-refractivity contribution in [2.24, 2.45) is 0 Å². The summed E-state index contributed by atoms with van der Waals surface area (Å²) < 4.78 is 7.30. The summed E-state index contributed by atoms with van der Waals surface area (Å²) in [5.41, 5.74) is 6.42. The molecule has 9 heteroatoms. The van der Waals surface area contributed by atoms with E-state index in [2.05, 4.69) is 21.9 Å². The third-order valence-electron chi connectivity index (χ3n) is 5.03. The molecule has 0 spiro atoms. The molecule has 2 heterocycles. The van der Waals surface area contributed by atoms with Crippen LogP contribution in [0.4, 0.5) is 0 Å². The van der Waals surface area contributed by atoms with Crippen molar-refractivity contribution in [3.05, 3.63) is 106 Å². The Morgan fingerprint density at radius 2 is 1.65 bits per heavy atom. The summed E-state index contributed by atoms with van der Waals surface area (Å²) in [7, 11) is 0. The molecule has 0 atom stereocenters. The predicted octanol–water partition coefficient (Wildman–Crippen LogP) is 4.77. The number of carbonyl (C=O) groups is 2. The Hall–Kier alpha value is -3.95. The number of thiazole rings is 1. The minimum absolute atomic E-state index is 0.193. The zero-order valence-corrected chi connectivity index (χ0v) is 19.2. The third kappa shape index (κ3) is 4.70. The van der Waals surface area contributed by atoms with Gasteiger partial charge in [0.25, 0.3) is 11.8 Å². The van der Waals surface area contributed by atoms with Gasteiger partial charge < -0.3 is 4.42 Å². The molecule has 34 heavy (non-hydrogen) atoms. The molecule has 0 aliphatic carbocycles. The standard InChI is InChI=1S/C25H17N3O4S2/c29-22(27-28-23(30)18-13-17-5-1-3-7-20(17)32-24(18)31)16-11-9-15(10-12-16)14-33-25-26-19-6-2-4-8-21(19)34-25/h1-13H,14H2,(H,27,29)(H,28,30). The molecule has 0 saturated heterocycles. The van der Waals surface area contributed by atoms with Crippen molar-refractivity contribution in [1.82, 2.24) is 15.8 Å². The van der Waals surface area contributed by atoms with Crippen LogP contribution < -0.4 is 16.5 Å². The van der Waals surface area contributed by atoms with E-state index in [1.165, 1.54) is 6.07 Å². The largest absolute Gasteiger partial charge is 0.422 e. The molecular formula is C25H17N3O4S2. The Kier molecular flexibility index (Phi) is 6.11. The second-order valence-electron chi connectivity index (χ2n) is 7.33. The van der Waals surface area contributed by atoms with E-state index >= 15 is 0 Å². The average molecular weight is 488 g/mol. The number of benzene rings is 3. The molecule has 0 bridgehead atoms. The number of nitrogens with zero attached hydrogens (tertiary/aromatic N) is 1. The van der Waals surface area contributed by atoms with Gasteiger partial charge in [-0.2, -0.15) is 0 Å². The number of thioether (sulfide) groups is 1. The summed E-state index contributed by atoms with van der Waals surface area (Å²) in [6.07, 6.45) is 0. The fourth-order valence-corrected chi connectivity index (χ4v) is 5.31. The summed E-state index contributed by atoms with van der Waals surface area (Å²) in [5, 5.41) is 0.609. The van der Waals surface area contributed by atoms with Gasteiger partial charge >= 0.3 is 5.63 Å². The second-order valence-corrected chi connectivity index (χ2v) is 9.58. The summed E-state index contributed by atoms with van der Waals surface area (Å²) in [6.45, 7) is 0. The van der Waals surface area contributed by atoms with Crippen LogP contribution >= 0.6 is 23.1 Å². The van der Waals surface area contributed by atoms with E-state index in [1.54, 1.807) is 59.5 Å². The van der Waals surface area contributed by atoms with Crippen molar-refractivity contribution in [2.45, 2.75) is 10.1 Å². The van der Waals surface area contributed by atoms with Crippen LogP contribution in [0.15, 0.2) is 92.4 Å². The van der Waals surface area contributed by atoms with E-state index in [0.717, 1.165) is 25.9 Å². The van der Waals surface area contributed by atoms with E-state index in [-0.39, 0.29) is 5.56 Å². The SMILES string of the molecule is O=C(NNC(=O)c1cc2ccccc2oc1=O)c1ccc(CSc2nc3ccccc3s2)cc1. The van der Waals surface area contributed by atoms with Gasteiger partial charge in [-0.15, -0.1) is 11.3 Å². The lowest BCUT2D eigenvalue weighted by Crippen LogP contribution is -2.43. The van der Waals surface area contributed by atoms with Crippen LogP contribution in [0.2, 0.25) is 0 Å². The normalized spacial score (nSPS) is 10.9. The Morgan fingerprint density at radius 1 is 0.912 bits per heavy atom. The van der Waals surface area contributed by atoms with E-state index in [9.17, 15) is 14.4 Å². The second kappa shape index (κ2) is 9.50. The molecule has 2 aromatic heterocycles. The first-order chi connectivity index (χ1) is 16.6. The Balaban J connectivity index is 1.18. The van der Waals surface area contributed by atoms with Crippen molar-refractivity contribution < 1.29 is 14.0 Å². The number of hydrogen-bond donors (Lipinski definition) is 2. The monoisotopic (exact) mass is 487 g/mol. The minimum Gasteiger partial charge on any atom is -0.422 e. The van der Waals surface area contributed by atoms with Crippen LogP contribution in [0.5, 0.6) is 0 Å². The van der Waals surface area contributed by atoms with Crippen LogP contribution in [0, 0.1) is 0 Å². The van der Waals surface area contributed by atoms with E-state index in [4.69, 9.17) is 4.42 Å². The topological polar surface area (TPSA) is 101 Å². The molecule has 0 saturated carbocycles. The van der Waals surface area contributed by atoms with Crippen LogP contribution in [0.1, 0.15) is 26.3 Å². The highest BCUT2D eigenvalue weighted by atomic mass is 32.2. The smallest absolute Gasteiger partial charge is 0.349 e. The molecule has 5 rings (SSSR count). The Bertz CT molecular complexity index is 1540. The number of fused-ring (bicyclic) bond motifs is 2. The number of rotatable bonds is 5. The maximum Gasteiger partial charge on any atom is 0.349 e. The van der Waals surface area contributed by atoms with Gasteiger partial charge in [-0.3, -0.25) is 20.4 Å². The highest BCUT2D eigenvalue weighted by molar-refractivity contribution is 8.00.